The van der Waals surface area contributed by atoms with Crippen molar-refractivity contribution in [3.8, 4) is 0 Å². The highest BCUT2D eigenvalue weighted by atomic mass is 16.5. The summed E-state index contributed by atoms with van der Waals surface area (Å²) in [6, 6.07) is 11.3. The van der Waals surface area contributed by atoms with Crippen molar-refractivity contribution in [1.29, 1.82) is 0 Å². The summed E-state index contributed by atoms with van der Waals surface area (Å²) in [6.45, 7) is 79.0. The lowest BCUT2D eigenvalue weighted by atomic mass is 9.99. The number of ether oxygens (including phenoxy) is 2. The molecule has 580 valence electrons. The van der Waals surface area contributed by atoms with Crippen LogP contribution >= 0.6 is 0 Å². The second-order valence-corrected chi connectivity index (χ2v) is 34.9. The second-order valence-electron chi connectivity index (χ2n) is 34.9. The van der Waals surface area contributed by atoms with E-state index in [0.29, 0.717) is 36.4 Å². The van der Waals surface area contributed by atoms with Gasteiger partial charge in [-0.05, 0) is 306 Å². The van der Waals surface area contributed by atoms with E-state index in [-0.39, 0.29) is 5.91 Å². The van der Waals surface area contributed by atoms with Gasteiger partial charge in [-0.1, -0.05) is 0 Å². The van der Waals surface area contributed by atoms with E-state index in [0.717, 1.165) is 132 Å². The Labute approximate surface area is 611 Å². The van der Waals surface area contributed by atoms with Crippen LogP contribution < -0.4 is 5.32 Å². The lowest BCUT2D eigenvalue weighted by Gasteiger charge is -2.44. The van der Waals surface area contributed by atoms with Crippen molar-refractivity contribution in [2.24, 2.45) is 0 Å². The van der Waals surface area contributed by atoms with Crippen molar-refractivity contribution in [2.45, 2.75) is 324 Å². The number of piperidine rings is 6. The van der Waals surface area contributed by atoms with E-state index in [4.69, 9.17) is 9.47 Å². The molecule has 0 bridgehead atoms. The Bertz CT molecular complexity index is 1990. The predicted molar refractivity (Wildman–Crippen MR) is 419 cm³/mol. The highest BCUT2D eigenvalue weighted by Crippen LogP contribution is 2.27. The first-order valence-electron chi connectivity index (χ1n) is 42.2. The summed E-state index contributed by atoms with van der Waals surface area (Å²) in [4.78, 5) is 47.6. The number of nitrogens with zero attached hydrogens (tertiary/aromatic N) is 14. The summed E-state index contributed by atoms with van der Waals surface area (Å²) >= 11 is 0. The normalized spacial score (nSPS) is 29.2. The van der Waals surface area contributed by atoms with Crippen LogP contribution in [0.4, 0.5) is 0 Å². The molecule has 12 aliphatic rings. The fourth-order valence-electron chi connectivity index (χ4n) is 18.9. The molecule has 0 aromatic rings. The molecule has 0 radical (unpaired) electrons. The smallest absolute Gasteiger partial charge is 0.219 e. The molecule has 99 heavy (non-hydrogen) atoms. The molecule has 1 N–H and O–H groups in total. The van der Waals surface area contributed by atoms with Gasteiger partial charge in [-0.25, -0.2) is 0 Å². The number of carbonyl (C=O) groups excluding carboxylic acids is 1. The van der Waals surface area contributed by atoms with Gasteiger partial charge in [-0.15, -0.1) is 0 Å². The molecule has 0 aromatic carbocycles. The molecule has 4 atom stereocenters. The van der Waals surface area contributed by atoms with Gasteiger partial charge in [0.1, 0.15) is 0 Å². The SMILES string of the molecule is CC(=O)N1CCN(C2CCN(C(C)C)CC2)CC1.CC(C)N1CCC(N2CCCC2)CC1.CC(C)N1CCC(N2CCN(C(C)C)CC2)CC1.CC(C)N1CCC(N2CCOCC2)CC1.CC(C)N1CCC(N2C[C@@H](C)O[C@@H](C)C2)CC1.CC1CN(C2CCN(C(C)C)CC2)CC(C)N1. The maximum absolute atomic E-state index is 11.3. The predicted octanol–water partition coefficient (Wildman–Crippen LogP) is 9.56. The fourth-order valence-corrected chi connectivity index (χ4v) is 18.9. The Kier molecular flexibility index (Phi) is 38.0. The van der Waals surface area contributed by atoms with Crippen LogP contribution in [0.25, 0.3) is 0 Å². The summed E-state index contributed by atoms with van der Waals surface area (Å²) in [7, 11) is 0. The van der Waals surface area contributed by atoms with Gasteiger partial charge in [-0.3, -0.25) is 34.2 Å². The molecule has 12 heterocycles. The van der Waals surface area contributed by atoms with E-state index in [1.165, 1.54) is 221 Å². The minimum Gasteiger partial charge on any atom is -0.379 e. The lowest BCUT2D eigenvalue weighted by Crippen LogP contribution is -2.58. The molecular formula is C81H163N15O3. The van der Waals surface area contributed by atoms with E-state index in [1.54, 1.807) is 6.92 Å². The van der Waals surface area contributed by atoms with Crippen molar-refractivity contribution in [3.63, 3.8) is 0 Å². The largest absolute Gasteiger partial charge is 0.379 e. The zero-order chi connectivity index (χ0) is 71.7. The van der Waals surface area contributed by atoms with Gasteiger partial charge in [0.25, 0.3) is 0 Å². The first kappa shape index (κ1) is 85.1. The zero-order valence-electron chi connectivity index (χ0n) is 68.4. The quantitative estimate of drug-likeness (QED) is 0.190. The van der Waals surface area contributed by atoms with Gasteiger partial charge in [-0.2, -0.15) is 0 Å². The molecular weight excluding hydrogens is 1230 g/mol. The third-order valence-electron chi connectivity index (χ3n) is 25.5. The van der Waals surface area contributed by atoms with E-state index in [1.807, 2.05) is 4.90 Å². The molecule has 12 fully saturated rings. The van der Waals surface area contributed by atoms with Crippen molar-refractivity contribution < 1.29 is 14.3 Å². The highest BCUT2D eigenvalue weighted by Gasteiger charge is 2.35. The number of amides is 1. The highest BCUT2D eigenvalue weighted by molar-refractivity contribution is 5.73. The lowest BCUT2D eigenvalue weighted by molar-refractivity contribution is -0.131. The Hall–Kier alpha value is -1.17. The molecule has 1 amide bonds. The Morgan fingerprint density at radius 2 is 0.525 bits per heavy atom. The van der Waals surface area contributed by atoms with Gasteiger partial charge in [0.15, 0.2) is 0 Å². The maximum Gasteiger partial charge on any atom is 0.219 e. The van der Waals surface area contributed by atoms with Crippen LogP contribution in [0, 0.1) is 0 Å². The van der Waals surface area contributed by atoms with Gasteiger partial charge in [0.05, 0.1) is 25.4 Å². The first-order chi connectivity index (χ1) is 47.3. The summed E-state index contributed by atoms with van der Waals surface area (Å²) in [5.41, 5.74) is 0. The minimum absolute atomic E-state index is 0.226. The number of likely N-dealkylation sites (tertiary alicyclic amines) is 7. The van der Waals surface area contributed by atoms with Gasteiger partial charge < -0.3 is 54.0 Å². The molecule has 12 saturated heterocycles. The van der Waals surface area contributed by atoms with Crippen molar-refractivity contribution >= 4 is 5.91 Å². The van der Waals surface area contributed by atoms with Crippen LogP contribution in [-0.4, -0.2) is 374 Å². The third kappa shape index (κ3) is 28.8. The van der Waals surface area contributed by atoms with Crippen molar-refractivity contribution in [3.05, 3.63) is 0 Å². The minimum atomic E-state index is 0.226. The molecule has 12 rings (SSSR count). The molecule has 0 aromatic heterocycles. The number of hydrogen-bond donors (Lipinski definition) is 1. The molecule has 18 heteroatoms. The third-order valence-corrected chi connectivity index (χ3v) is 25.5. The first-order valence-corrected chi connectivity index (χ1v) is 42.2. The van der Waals surface area contributed by atoms with Crippen LogP contribution in [-0.2, 0) is 14.3 Å². The molecule has 2 unspecified atom stereocenters. The molecule has 18 nitrogen and oxygen atoms in total. The van der Waals surface area contributed by atoms with Crippen molar-refractivity contribution in [2.75, 3.05) is 196 Å². The summed E-state index contributed by atoms with van der Waals surface area (Å²) in [5, 5.41) is 3.62. The average Bonchev–Trinajstić information content (AvgIpc) is 1.41. The molecule has 0 aliphatic carbocycles. The van der Waals surface area contributed by atoms with E-state index < -0.39 is 0 Å². The summed E-state index contributed by atoms with van der Waals surface area (Å²) in [6.07, 6.45) is 19.9. The monoisotopic (exact) mass is 1390 g/mol. The number of rotatable bonds is 13. The standard InChI is InChI=1S/C15H31N3.C14H27N3O.C14H29N3.C14H28N2O.C12H24N2O.C12H24N2/c1-13(2)16-7-5-15(6-8-16)18-11-9-17(10-12-18)14(3)4;1-12(2)15-6-4-14(5-7-15)17-10-8-16(9-11-17)13(3)18;1-11(2)16-7-5-14(6-8-16)17-9-12(3)15-13(4)10-17;1-11(2)15-7-5-14(6-8-15)16-9-12(3)17-13(4)10-16;1-11(2)13-5-3-12(4-6-13)14-7-9-15-10-8-14;1-11(2)13-9-5-12(6-10-13)14-7-3-4-8-14/h13-15H,5-12H2,1-4H3;12,14H,4-11H2,1-3H3;11-15H,5-10H2,1-4H3;11-14H,5-10H2,1-4H3;11-12H,3-10H2,1-2H3;11-12H,3-10H2,1-2H3/t;;;12-,13+;;. The Morgan fingerprint density at radius 3 is 0.798 bits per heavy atom. The topological polar surface area (TPSA) is 92.9 Å². The Morgan fingerprint density at radius 1 is 0.293 bits per heavy atom. The van der Waals surface area contributed by atoms with Crippen LogP contribution in [0.5, 0.6) is 0 Å². The second kappa shape index (κ2) is 44.2. The number of hydrogen-bond acceptors (Lipinski definition) is 17. The number of morpholine rings is 2. The number of carbonyl (C=O) groups is 1. The zero-order valence-corrected chi connectivity index (χ0v) is 68.4. The fraction of sp³-hybridized carbons (Fsp3) is 0.988. The van der Waals surface area contributed by atoms with Gasteiger partial charge in [0, 0.05) is 189 Å². The van der Waals surface area contributed by atoms with Crippen LogP contribution in [0.3, 0.4) is 0 Å². The molecule has 0 saturated carbocycles. The van der Waals surface area contributed by atoms with Crippen LogP contribution in [0.15, 0.2) is 0 Å². The summed E-state index contributed by atoms with van der Waals surface area (Å²) < 4.78 is 11.2. The Balaban J connectivity index is 0.000000167. The maximum atomic E-state index is 11.3. The van der Waals surface area contributed by atoms with Crippen molar-refractivity contribution in [1.82, 2.24) is 73.9 Å². The number of nitrogens with one attached hydrogen (secondary N) is 1. The van der Waals surface area contributed by atoms with E-state index in [9.17, 15) is 4.79 Å². The van der Waals surface area contributed by atoms with E-state index in [2.05, 4.69) is 194 Å². The number of piperazine rings is 3. The van der Waals surface area contributed by atoms with Gasteiger partial charge in [0.2, 0.25) is 5.91 Å². The van der Waals surface area contributed by atoms with Crippen LogP contribution in [0.1, 0.15) is 221 Å². The average molecular weight is 1400 g/mol. The molecule has 0 spiro atoms. The molecule has 12 aliphatic heterocycles. The van der Waals surface area contributed by atoms with Crippen LogP contribution in [0.2, 0.25) is 0 Å². The summed E-state index contributed by atoms with van der Waals surface area (Å²) in [5.74, 6) is 0.226. The van der Waals surface area contributed by atoms with E-state index >= 15 is 0 Å². The van der Waals surface area contributed by atoms with Gasteiger partial charge >= 0.3 is 0 Å².